The van der Waals surface area contributed by atoms with Crippen molar-refractivity contribution in [1.29, 1.82) is 0 Å². The van der Waals surface area contributed by atoms with Crippen LogP contribution in [-0.4, -0.2) is 87.5 Å². The number of ether oxygens (including phenoxy) is 2. The Morgan fingerprint density at radius 3 is 2.56 bits per heavy atom. The Bertz CT molecular complexity index is 461. The molecule has 6 N–H and O–H groups in total. The van der Waals surface area contributed by atoms with Crippen LogP contribution in [0, 0.1) is 0 Å². The van der Waals surface area contributed by atoms with Crippen molar-refractivity contribution in [1.82, 2.24) is 5.32 Å². The first-order valence-electron chi connectivity index (χ1n) is 9.41. The molecule has 0 saturated carbocycles. The standard InChI is InChI=1S/C18H33NO8/c1-3-11(20)9-14(22)12(19-18(25)26-4-2)10-27-15-8-6-5-7-13(21)16(23)17(15)24/h6,8,11-17,20-24H,3-5,7,9-10H2,1-2H3,(H,19,25)/b8-6-. The Balaban J connectivity index is 2.77. The van der Waals surface area contributed by atoms with E-state index in [-0.39, 0.29) is 19.6 Å². The molecule has 0 aromatic heterocycles. The number of rotatable bonds is 9. The summed E-state index contributed by atoms with van der Waals surface area (Å²) in [5.74, 6) is 0. The molecule has 158 valence electrons. The molecule has 0 saturated heterocycles. The zero-order valence-electron chi connectivity index (χ0n) is 15.9. The third-order valence-corrected chi connectivity index (χ3v) is 4.53. The molecule has 1 aliphatic rings. The molecule has 9 nitrogen and oxygen atoms in total. The number of carbonyl (C=O) groups is 1. The molecule has 0 aromatic rings. The van der Waals surface area contributed by atoms with Crippen LogP contribution in [0.4, 0.5) is 4.79 Å². The Kier molecular flexibility index (Phi) is 10.8. The zero-order valence-corrected chi connectivity index (χ0v) is 15.9. The van der Waals surface area contributed by atoms with Crippen molar-refractivity contribution < 1.29 is 39.8 Å². The van der Waals surface area contributed by atoms with Crippen molar-refractivity contribution in [3.05, 3.63) is 12.2 Å². The van der Waals surface area contributed by atoms with Crippen molar-refractivity contribution in [3.63, 3.8) is 0 Å². The third-order valence-electron chi connectivity index (χ3n) is 4.53. The molecular weight excluding hydrogens is 358 g/mol. The van der Waals surface area contributed by atoms with Gasteiger partial charge in [0.15, 0.2) is 0 Å². The maximum Gasteiger partial charge on any atom is 0.407 e. The van der Waals surface area contributed by atoms with E-state index in [9.17, 15) is 30.3 Å². The summed E-state index contributed by atoms with van der Waals surface area (Å²) in [6, 6.07) is -0.890. The molecular formula is C18H33NO8. The summed E-state index contributed by atoms with van der Waals surface area (Å²) in [7, 11) is 0. The second-order valence-electron chi connectivity index (χ2n) is 6.69. The van der Waals surface area contributed by atoms with Crippen LogP contribution in [-0.2, 0) is 9.47 Å². The second-order valence-corrected chi connectivity index (χ2v) is 6.69. The van der Waals surface area contributed by atoms with Gasteiger partial charge in [0.1, 0.15) is 18.3 Å². The molecule has 0 fully saturated rings. The summed E-state index contributed by atoms with van der Waals surface area (Å²) in [6.45, 7) is 3.38. The van der Waals surface area contributed by atoms with Gasteiger partial charge >= 0.3 is 6.09 Å². The molecule has 27 heavy (non-hydrogen) atoms. The molecule has 7 atom stereocenters. The number of hydrogen-bond donors (Lipinski definition) is 6. The number of nitrogens with one attached hydrogen (secondary N) is 1. The van der Waals surface area contributed by atoms with E-state index in [2.05, 4.69) is 5.32 Å². The van der Waals surface area contributed by atoms with Crippen LogP contribution in [0.5, 0.6) is 0 Å². The fraction of sp³-hybridized carbons (Fsp3) is 0.833. The van der Waals surface area contributed by atoms with Crippen LogP contribution in [0.1, 0.15) is 39.5 Å². The molecule has 9 heteroatoms. The summed E-state index contributed by atoms with van der Waals surface area (Å²) in [4.78, 5) is 11.7. The first-order chi connectivity index (χ1) is 12.8. The Morgan fingerprint density at radius 1 is 1.22 bits per heavy atom. The van der Waals surface area contributed by atoms with Gasteiger partial charge in [0.2, 0.25) is 0 Å². The zero-order chi connectivity index (χ0) is 20.4. The molecule has 0 aromatic carbocycles. The van der Waals surface area contributed by atoms with Crippen molar-refractivity contribution in [2.45, 2.75) is 82.2 Å². The number of amides is 1. The minimum Gasteiger partial charge on any atom is -0.450 e. The van der Waals surface area contributed by atoms with Crippen LogP contribution in [0.15, 0.2) is 12.2 Å². The van der Waals surface area contributed by atoms with Crippen LogP contribution in [0.2, 0.25) is 0 Å². The van der Waals surface area contributed by atoms with Crippen molar-refractivity contribution in [2.24, 2.45) is 0 Å². The van der Waals surface area contributed by atoms with Crippen LogP contribution < -0.4 is 5.32 Å². The third kappa shape index (κ3) is 8.12. The average Bonchev–Trinajstić information content (AvgIpc) is 2.64. The first kappa shape index (κ1) is 23.8. The predicted octanol–water partition coefficient (Wildman–Crippen LogP) is -0.559. The average molecular weight is 391 g/mol. The van der Waals surface area contributed by atoms with Crippen LogP contribution in [0.25, 0.3) is 0 Å². The minimum absolute atomic E-state index is 0.0291. The number of hydrogen-bond acceptors (Lipinski definition) is 8. The fourth-order valence-electron chi connectivity index (χ4n) is 2.76. The maximum absolute atomic E-state index is 11.7. The topological polar surface area (TPSA) is 149 Å². The van der Waals surface area contributed by atoms with E-state index >= 15 is 0 Å². The molecule has 7 unspecified atom stereocenters. The molecule has 0 bridgehead atoms. The number of alkyl carbamates (subject to hydrolysis) is 1. The van der Waals surface area contributed by atoms with E-state index in [1.165, 1.54) is 0 Å². The molecule has 0 spiro atoms. The van der Waals surface area contributed by atoms with Crippen molar-refractivity contribution in [3.8, 4) is 0 Å². The summed E-state index contributed by atoms with van der Waals surface area (Å²) in [6.07, 6.45) is -2.70. The lowest BCUT2D eigenvalue weighted by atomic mass is 9.96. The lowest BCUT2D eigenvalue weighted by Crippen LogP contribution is -2.50. The summed E-state index contributed by atoms with van der Waals surface area (Å²) in [5.41, 5.74) is 0. The minimum atomic E-state index is -1.37. The number of aliphatic hydroxyl groups is 5. The van der Waals surface area contributed by atoms with Crippen molar-refractivity contribution >= 4 is 6.09 Å². The lowest BCUT2D eigenvalue weighted by molar-refractivity contribution is -0.117. The number of aliphatic hydroxyl groups excluding tert-OH is 5. The first-order valence-corrected chi connectivity index (χ1v) is 9.41. The quantitative estimate of drug-likeness (QED) is 0.287. The van der Waals surface area contributed by atoms with Crippen molar-refractivity contribution in [2.75, 3.05) is 13.2 Å². The van der Waals surface area contributed by atoms with E-state index in [1.807, 2.05) is 0 Å². The van der Waals surface area contributed by atoms with Gasteiger partial charge in [-0.3, -0.25) is 0 Å². The highest BCUT2D eigenvalue weighted by Crippen LogP contribution is 2.18. The predicted molar refractivity (Wildman–Crippen MR) is 97.0 cm³/mol. The van der Waals surface area contributed by atoms with Gasteiger partial charge in [-0.05, 0) is 26.2 Å². The van der Waals surface area contributed by atoms with Gasteiger partial charge in [0, 0.05) is 6.42 Å². The fourth-order valence-corrected chi connectivity index (χ4v) is 2.76. The van der Waals surface area contributed by atoms with Gasteiger partial charge in [-0.2, -0.15) is 0 Å². The van der Waals surface area contributed by atoms with Crippen LogP contribution >= 0.6 is 0 Å². The van der Waals surface area contributed by atoms with E-state index in [0.29, 0.717) is 19.3 Å². The van der Waals surface area contributed by atoms with E-state index in [0.717, 1.165) is 0 Å². The normalized spacial score (nSPS) is 30.5. The van der Waals surface area contributed by atoms with Gasteiger partial charge in [-0.1, -0.05) is 19.1 Å². The smallest absolute Gasteiger partial charge is 0.407 e. The lowest BCUT2D eigenvalue weighted by Gasteiger charge is -2.31. The number of carbonyl (C=O) groups excluding carboxylic acids is 1. The Morgan fingerprint density at radius 2 is 1.93 bits per heavy atom. The molecule has 0 radical (unpaired) electrons. The van der Waals surface area contributed by atoms with Gasteiger partial charge in [-0.15, -0.1) is 0 Å². The second kappa shape index (κ2) is 12.3. The maximum atomic E-state index is 11.7. The van der Waals surface area contributed by atoms with E-state index < -0.39 is 48.8 Å². The monoisotopic (exact) mass is 391 g/mol. The SMILES string of the molecule is CCOC(=O)NC(COC1/C=C\CCC(O)C(O)C1O)C(O)CC(O)CC. The van der Waals surface area contributed by atoms with Gasteiger partial charge in [0.05, 0.1) is 37.6 Å². The van der Waals surface area contributed by atoms with Gasteiger partial charge in [0.25, 0.3) is 0 Å². The number of allylic oxidation sites excluding steroid dienone is 1. The van der Waals surface area contributed by atoms with E-state index in [4.69, 9.17) is 9.47 Å². The molecule has 0 heterocycles. The van der Waals surface area contributed by atoms with Gasteiger partial charge in [-0.25, -0.2) is 4.79 Å². The highest BCUT2D eigenvalue weighted by molar-refractivity contribution is 5.67. The molecule has 1 amide bonds. The molecule has 1 aliphatic carbocycles. The van der Waals surface area contributed by atoms with Gasteiger partial charge < -0.3 is 40.3 Å². The Hall–Kier alpha value is -1.23. The summed E-state index contributed by atoms with van der Waals surface area (Å²) in [5, 5.41) is 52.6. The summed E-state index contributed by atoms with van der Waals surface area (Å²) < 4.78 is 10.4. The largest absolute Gasteiger partial charge is 0.450 e. The van der Waals surface area contributed by atoms with E-state index in [1.54, 1.807) is 26.0 Å². The van der Waals surface area contributed by atoms with Crippen LogP contribution in [0.3, 0.4) is 0 Å². The highest BCUT2D eigenvalue weighted by Gasteiger charge is 2.33. The molecule has 0 aliphatic heterocycles. The highest BCUT2D eigenvalue weighted by atomic mass is 16.5. The summed E-state index contributed by atoms with van der Waals surface area (Å²) >= 11 is 0. The molecule has 1 rings (SSSR count). The Labute approximate surface area is 159 Å².